The summed E-state index contributed by atoms with van der Waals surface area (Å²) in [6.45, 7) is 2.64. The number of carbonyl (C=O) groups excluding carboxylic acids is 1. The smallest absolute Gasteiger partial charge is 0.271 e. The van der Waals surface area contributed by atoms with Gasteiger partial charge in [0.15, 0.2) is 0 Å². The van der Waals surface area contributed by atoms with Gasteiger partial charge in [-0.05, 0) is 49.6 Å². The van der Waals surface area contributed by atoms with Crippen molar-refractivity contribution >= 4 is 11.7 Å². The van der Waals surface area contributed by atoms with E-state index < -0.39 is 0 Å². The van der Waals surface area contributed by atoms with Gasteiger partial charge in [-0.2, -0.15) is 4.68 Å². The second-order valence-electron chi connectivity index (χ2n) is 7.06. The third-order valence-electron chi connectivity index (χ3n) is 5.04. The molecule has 2 heterocycles. The Morgan fingerprint density at radius 3 is 2.72 bits per heavy atom. The SMILES string of the molecule is COCCCNC(=O)C1CCCN(c2ccc(=O)n(-c3ccc(OC)cc3)n2)C1. The zero-order chi connectivity index (χ0) is 20.6. The van der Waals surface area contributed by atoms with Crippen LogP contribution in [0.25, 0.3) is 5.69 Å². The first-order chi connectivity index (χ1) is 14.1. The molecule has 8 nitrogen and oxygen atoms in total. The maximum absolute atomic E-state index is 12.5. The molecule has 1 atom stereocenters. The number of piperidine rings is 1. The van der Waals surface area contributed by atoms with Gasteiger partial charge in [-0.25, -0.2) is 0 Å². The number of aromatic nitrogens is 2. The van der Waals surface area contributed by atoms with Gasteiger partial charge in [0.05, 0.1) is 18.7 Å². The maximum atomic E-state index is 12.5. The number of amides is 1. The van der Waals surface area contributed by atoms with Crippen molar-refractivity contribution in [2.24, 2.45) is 5.92 Å². The van der Waals surface area contributed by atoms with Crippen molar-refractivity contribution < 1.29 is 14.3 Å². The standard InChI is InChI=1S/C21H28N4O4/c1-28-14-4-12-22-21(27)16-5-3-13-24(15-16)19-10-11-20(26)25(23-19)17-6-8-18(29-2)9-7-17/h6-11,16H,3-5,12-15H2,1-2H3,(H,22,27). The monoisotopic (exact) mass is 400 g/mol. The van der Waals surface area contributed by atoms with Gasteiger partial charge in [0.2, 0.25) is 5.91 Å². The topological polar surface area (TPSA) is 85.7 Å². The minimum Gasteiger partial charge on any atom is -0.497 e. The van der Waals surface area contributed by atoms with Crippen molar-refractivity contribution in [3.8, 4) is 11.4 Å². The van der Waals surface area contributed by atoms with E-state index in [2.05, 4.69) is 15.3 Å². The predicted octanol–water partition coefficient (Wildman–Crippen LogP) is 1.61. The number of hydrogen-bond acceptors (Lipinski definition) is 6. The Morgan fingerprint density at radius 2 is 2.00 bits per heavy atom. The van der Waals surface area contributed by atoms with Crippen molar-refractivity contribution in [2.45, 2.75) is 19.3 Å². The molecule has 1 aromatic heterocycles. The molecule has 0 radical (unpaired) electrons. The minimum absolute atomic E-state index is 0.0641. The molecule has 29 heavy (non-hydrogen) atoms. The average molecular weight is 400 g/mol. The fraction of sp³-hybridized carbons (Fsp3) is 0.476. The summed E-state index contributed by atoms with van der Waals surface area (Å²) in [7, 11) is 3.25. The number of hydrogen-bond donors (Lipinski definition) is 1. The second-order valence-corrected chi connectivity index (χ2v) is 7.06. The van der Waals surface area contributed by atoms with Crippen molar-refractivity contribution in [3.63, 3.8) is 0 Å². The first kappa shape index (κ1) is 20.9. The molecule has 1 aliphatic heterocycles. The Kier molecular flexibility index (Phi) is 7.24. The van der Waals surface area contributed by atoms with Crippen LogP contribution < -0.4 is 20.5 Å². The normalized spacial score (nSPS) is 16.5. The Bertz CT molecular complexity index is 866. The second kappa shape index (κ2) is 10.1. The Balaban J connectivity index is 1.71. The molecule has 2 aromatic rings. The first-order valence-corrected chi connectivity index (χ1v) is 9.89. The van der Waals surface area contributed by atoms with E-state index in [0.717, 1.165) is 25.8 Å². The average Bonchev–Trinajstić information content (AvgIpc) is 2.77. The molecule has 1 aromatic carbocycles. The van der Waals surface area contributed by atoms with Gasteiger partial charge in [0.25, 0.3) is 5.56 Å². The molecule has 3 rings (SSSR count). The van der Waals surface area contributed by atoms with Gasteiger partial charge >= 0.3 is 0 Å². The molecular formula is C21H28N4O4. The van der Waals surface area contributed by atoms with Gasteiger partial charge in [-0.3, -0.25) is 9.59 Å². The molecule has 1 fully saturated rings. The van der Waals surface area contributed by atoms with Crippen LogP contribution in [0.4, 0.5) is 5.82 Å². The van der Waals surface area contributed by atoms with Crippen LogP contribution in [-0.2, 0) is 9.53 Å². The highest BCUT2D eigenvalue weighted by Gasteiger charge is 2.26. The molecule has 8 heteroatoms. The highest BCUT2D eigenvalue weighted by Crippen LogP contribution is 2.22. The van der Waals surface area contributed by atoms with Gasteiger partial charge in [0.1, 0.15) is 11.6 Å². The lowest BCUT2D eigenvalue weighted by molar-refractivity contribution is -0.125. The summed E-state index contributed by atoms with van der Waals surface area (Å²) in [4.78, 5) is 26.9. The number of benzene rings is 1. The predicted molar refractivity (Wildman–Crippen MR) is 111 cm³/mol. The fourth-order valence-electron chi connectivity index (χ4n) is 3.45. The van der Waals surface area contributed by atoms with E-state index in [9.17, 15) is 9.59 Å². The van der Waals surface area contributed by atoms with E-state index in [1.165, 1.54) is 10.7 Å². The molecule has 0 spiro atoms. The molecule has 1 saturated heterocycles. The molecule has 1 N–H and O–H groups in total. The quantitative estimate of drug-likeness (QED) is 0.678. The van der Waals surface area contributed by atoms with E-state index in [1.54, 1.807) is 44.6 Å². The van der Waals surface area contributed by atoms with Crippen LogP contribution in [-0.4, -0.2) is 56.1 Å². The summed E-state index contributed by atoms with van der Waals surface area (Å²) in [5.41, 5.74) is 0.463. The van der Waals surface area contributed by atoms with Crippen molar-refractivity contribution in [1.29, 1.82) is 0 Å². The number of methoxy groups -OCH3 is 2. The molecule has 0 saturated carbocycles. The summed E-state index contributed by atoms with van der Waals surface area (Å²) < 4.78 is 11.6. The molecule has 0 aliphatic carbocycles. The van der Waals surface area contributed by atoms with E-state index in [0.29, 0.717) is 37.0 Å². The van der Waals surface area contributed by atoms with Crippen molar-refractivity contribution in [3.05, 3.63) is 46.8 Å². The number of anilines is 1. The lowest BCUT2D eigenvalue weighted by Gasteiger charge is -2.32. The number of nitrogens with zero attached hydrogens (tertiary/aromatic N) is 3. The van der Waals surface area contributed by atoms with Crippen LogP contribution in [0.5, 0.6) is 5.75 Å². The maximum Gasteiger partial charge on any atom is 0.271 e. The van der Waals surface area contributed by atoms with E-state index in [4.69, 9.17) is 9.47 Å². The van der Waals surface area contributed by atoms with Crippen LogP contribution in [0.15, 0.2) is 41.2 Å². The van der Waals surface area contributed by atoms with Crippen LogP contribution >= 0.6 is 0 Å². The molecule has 1 unspecified atom stereocenters. The zero-order valence-corrected chi connectivity index (χ0v) is 17.0. The van der Waals surface area contributed by atoms with Crippen LogP contribution in [0.3, 0.4) is 0 Å². The van der Waals surface area contributed by atoms with Crippen LogP contribution in [0, 0.1) is 5.92 Å². The molecule has 1 amide bonds. The molecule has 156 valence electrons. The van der Waals surface area contributed by atoms with Crippen molar-refractivity contribution in [2.75, 3.05) is 45.4 Å². The van der Waals surface area contributed by atoms with E-state index >= 15 is 0 Å². The Labute approximate surface area is 170 Å². The summed E-state index contributed by atoms with van der Waals surface area (Å²) >= 11 is 0. The number of nitrogens with one attached hydrogen (secondary N) is 1. The van der Waals surface area contributed by atoms with Gasteiger partial charge < -0.3 is 19.7 Å². The summed E-state index contributed by atoms with van der Waals surface area (Å²) in [5.74, 6) is 1.38. The largest absolute Gasteiger partial charge is 0.497 e. The Hall–Kier alpha value is -2.87. The highest BCUT2D eigenvalue weighted by atomic mass is 16.5. The van der Waals surface area contributed by atoms with Crippen molar-refractivity contribution in [1.82, 2.24) is 15.1 Å². The molecular weight excluding hydrogens is 372 g/mol. The third-order valence-corrected chi connectivity index (χ3v) is 5.04. The zero-order valence-electron chi connectivity index (χ0n) is 17.0. The molecule has 1 aliphatic rings. The number of rotatable bonds is 8. The molecule has 0 bridgehead atoms. The van der Waals surface area contributed by atoms with Crippen LogP contribution in [0.2, 0.25) is 0 Å². The number of ether oxygens (including phenoxy) is 2. The van der Waals surface area contributed by atoms with E-state index in [-0.39, 0.29) is 17.4 Å². The first-order valence-electron chi connectivity index (χ1n) is 9.89. The summed E-state index contributed by atoms with van der Waals surface area (Å²) in [5, 5.41) is 7.53. The highest BCUT2D eigenvalue weighted by molar-refractivity contribution is 5.79. The summed E-state index contributed by atoms with van der Waals surface area (Å²) in [6, 6.07) is 10.4. The van der Waals surface area contributed by atoms with Crippen LogP contribution in [0.1, 0.15) is 19.3 Å². The van der Waals surface area contributed by atoms with Gasteiger partial charge in [0, 0.05) is 39.4 Å². The van der Waals surface area contributed by atoms with E-state index in [1.807, 2.05) is 0 Å². The van der Waals surface area contributed by atoms with Gasteiger partial charge in [-0.1, -0.05) is 0 Å². The lowest BCUT2D eigenvalue weighted by Crippen LogP contribution is -2.44. The van der Waals surface area contributed by atoms with Gasteiger partial charge in [-0.15, -0.1) is 5.10 Å². The fourth-order valence-corrected chi connectivity index (χ4v) is 3.45. The number of carbonyl (C=O) groups is 1. The summed E-state index contributed by atoms with van der Waals surface area (Å²) in [6.07, 6.45) is 2.55. The minimum atomic E-state index is -0.205. The third kappa shape index (κ3) is 5.35. The Morgan fingerprint density at radius 1 is 1.21 bits per heavy atom. The lowest BCUT2D eigenvalue weighted by atomic mass is 9.97.